The molecule has 2 heterocycles. The third-order valence-electron chi connectivity index (χ3n) is 12.4. The van der Waals surface area contributed by atoms with Crippen molar-refractivity contribution in [2.24, 2.45) is 0 Å². The number of carbonyl (C=O) groups excluding carboxylic acids is 3. The summed E-state index contributed by atoms with van der Waals surface area (Å²) < 4.78 is 30.7. The predicted molar refractivity (Wildman–Crippen MR) is 233 cm³/mol. The zero-order valence-corrected chi connectivity index (χ0v) is 34.3. The van der Waals surface area contributed by atoms with Crippen LogP contribution in [0.25, 0.3) is 22.3 Å². The fourth-order valence-electron chi connectivity index (χ4n) is 9.18. The summed E-state index contributed by atoms with van der Waals surface area (Å²) in [5.41, 5.74) is 0.952. The number of rotatable bonds is 10. The van der Waals surface area contributed by atoms with Crippen molar-refractivity contribution in [3.05, 3.63) is 164 Å². The van der Waals surface area contributed by atoms with Crippen LogP contribution in [0.5, 0.6) is 23.0 Å². The van der Waals surface area contributed by atoms with Gasteiger partial charge in [-0.1, -0.05) is 48.5 Å². The number of piperidine rings is 2. The maximum absolute atomic E-state index is 15.9. The first-order valence-electron chi connectivity index (χ1n) is 20.8. The predicted octanol–water partition coefficient (Wildman–Crippen LogP) is 9.37. The summed E-state index contributed by atoms with van der Waals surface area (Å²) in [6.45, 7) is 5.18. The van der Waals surface area contributed by atoms with E-state index >= 15 is 13.6 Å². The molecule has 0 bridgehead atoms. The van der Waals surface area contributed by atoms with Crippen molar-refractivity contribution in [1.82, 2.24) is 10.6 Å². The molecule has 0 aromatic heterocycles. The molecule has 62 heavy (non-hydrogen) atoms. The maximum atomic E-state index is 15.9. The van der Waals surface area contributed by atoms with Gasteiger partial charge in [-0.2, -0.15) is 0 Å². The van der Waals surface area contributed by atoms with Gasteiger partial charge in [-0.15, -0.1) is 0 Å². The van der Waals surface area contributed by atoms with Gasteiger partial charge in [-0.05, 0) is 123 Å². The molecule has 0 spiro atoms. The molecule has 2 saturated heterocycles. The zero-order chi connectivity index (χ0) is 43.8. The number of nitrogens with one attached hydrogen (secondary N) is 2. The van der Waals surface area contributed by atoms with Crippen LogP contribution in [-0.4, -0.2) is 64.0 Å². The Balaban J connectivity index is 1.47. The number of benzene rings is 6. The van der Waals surface area contributed by atoms with Crippen LogP contribution < -0.4 is 10.6 Å². The maximum Gasteiger partial charge on any atom is 0.193 e. The molecule has 2 atom stereocenters. The summed E-state index contributed by atoms with van der Waals surface area (Å²) in [5, 5.41) is 52.9. The first-order chi connectivity index (χ1) is 29.8. The van der Waals surface area contributed by atoms with Gasteiger partial charge in [0.2, 0.25) is 0 Å². The van der Waals surface area contributed by atoms with E-state index in [0.717, 1.165) is 0 Å². The average Bonchev–Trinajstić information content (AvgIpc) is 3.28. The molecule has 0 radical (unpaired) electrons. The molecular weight excluding hydrogens is 791 g/mol. The molecule has 2 aliphatic rings. The normalized spacial score (nSPS) is 16.5. The molecule has 2 aliphatic heterocycles. The lowest BCUT2D eigenvalue weighted by Gasteiger charge is -2.30. The topological polar surface area (TPSA) is 156 Å². The van der Waals surface area contributed by atoms with Crippen LogP contribution in [0.1, 0.15) is 108 Å². The van der Waals surface area contributed by atoms with Crippen LogP contribution in [0.4, 0.5) is 8.78 Å². The van der Waals surface area contributed by atoms with Gasteiger partial charge in [0.1, 0.15) is 34.6 Å². The van der Waals surface area contributed by atoms with E-state index in [0.29, 0.717) is 51.9 Å². The molecule has 316 valence electrons. The van der Waals surface area contributed by atoms with Crippen LogP contribution in [0.2, 0.25) is 0 Å². The third kappa shape index (κ3) is 7.74. The summed E-state index contributed by atoms with van der Waals surface area (Å²) in [6.07, 6.45) is 2.48. The van der Waals surface area contributed by atoms with Gasteiger partial charge < -0.3 is 31.1 Å². The SMILES string of the molecule is Cc1c(F)cccc1-c1c(C(=O)c2cccc(O)c2)cc(C(=O)c2cc(C(=O)c3cccc(O)c3)c(-c3cccc(F)c3C)c(O)c2C2CCCNC2)c(C2CCCNC2)c1O. The Labute approximate surface area is 357 Å². The molecule has 2 fully saturated rings. The van der Waals surface area contributed by atoms with Crippen molar-refractivity contribution >= 4 is 17.3 Å². The Bertz CT molecular complexity index is 2580. The van der Waals surface area contributed by atoms with Crippen molar-refractivity contribution in [3.63, 3.8) is 0 Å². The molecule has 0 saturated carbocycles. The quantitative estimate of drug-likeness (QED) is 0.0741. The van der Waals surface area contributed by atoms with Crippen molar-refractivity contribution in [1.29, 1.82) is 0 Å². The molecule has 9 nitrogen and oxygen atoms in total. The Morgan fingerprint density at radius 2 is 0.935 bits per heavy atom. The van der Waals surface area contributed by atoms with E-state index in [1.165, 1.54) is 98.8 Å². The van der Waals surface area contributed by atoms with Crippen LogP contribution in [-0.2, 0) is 0 Å². The van der Waals surface area contributed by atoms with Gasteiger partial charge in [0.05, 0.1) is 0 Å². The molecule has 6 aromatic rings. The number of phenols is 4. The Kier molecular flexibility index (Phi) is 11.8. The van der Waals surface area contributed by atoms with Crippen LogP contribution >= 0.6 is 0 Å². The van der Waals surface area contributed by atoms with E-state index in [1.54, 1.807) is 12.1 Å². The standard InChI is InChI=1S/C51H46F2N2O7/c1-27-35(15-5-17-41(27)52)45-39(47(58)29-9-3-13-33(56)21-29)23-37(43(50(45)61)31-11-7-19-54-25-31)49(60)38-24-40(48(59)30-10-4-14-34(57)22-30)46(36-16-6-18-42(53)28(36)2)51(62)44(38)32-12-8-20-55-26-32/h3-6,9-10,13-18,21-24,31-32,54-57,61-62H,7-8,11-12,19-20,25-26H2,1-2H3. The molecule has 11 heteroatoms. The lowest BCUT2D eigenvalue weighted by atomic mass is 9.76. The van der Waals surface area contributed by atoms with Gasteiger partial charge >= 0.3 is 0 Å². The van der Waals surface area contributed by atoms with Crippen molar-refractivity contribution in [2.45, 2.75) is 51.4 Å². The second-order valence-electron chi connectivity index (χ2n) is 16.2. The van der Waals surface area contributed by atoms with Crippen LogP contribution in [0.3, 0.4) is 0 Å². The third-order valence-corrected chi connectivity index (χ3v) is 12.4. The summed E-state index contributed by atoms with van der Waals surface area (Å²) in [6, 6.07) is 22.8. The molecule has 2 unspecified atom stereocenters. The molecule has 6 N–H and O–H groups in total. The largest absolute Gasteiger partial charge is 0.508 e. The number of aromatic hydroxyl groups is 4. The zero-order valence-electron chi connectivity index (χ0n) is 34.3. The average molecular weight is 837 g/mol. The number of hydrogen-bond acceptors (Lipinski definition) is 9. The summed E-state index contributed by atoms with van der Waals surface area (Å²) in [5.74, 6) is -5.25. The summed E-state index contributed by atoms with van der Waals surface area (Å²) in [7, 11) is 0. The molecule has 8 rings (SSSR count). The van der Waals surface area contributed by atoms with Gasteiger partial charge in [0.25, 0.3) is 0 Å². The number of ketones is 3. The fourth-order valence-corrected chi connectivity index (χ4v) is 9.18. The molecule has 6 aromatic carbocycles. The summed E-state index contributed by atoms with van der Waals surface area (Å²) in [4.78, 5) is 45.3. The van der Waals surface area contributed by atoms with Gasteiger partial charge in [0.15, 0.2) is 17.3 Å². The second kappa shape index (κ2) is 17.4. The van der Waals surface area contributed by atoms with E-state index in [1.807, 2.05) is 0 Å². The highest BCUT2D eigenvalue weighted by Crippen LogP contribution is 2.49. The fraction of sp³-hybridized carbons (Fsp3) is 0.235. The van der Waals surface area contributed by atoms with Crippen LogP contribution in [0, 0.1) is 25.5 Å². The number of carbonyl (C=O) groups is 3. The van der Waals surface area contributed by atoms with E-state index in [4.69, 9.17) is 0 Å². The monoisotopic (exact) mass is 836 g/mol. The first-order valence-corrected chi connectivity index (χ1v) is 20.8. The molecule has 0 aliphatic carbocycles. The lowest BCUT2D eigenvalue weighted by Crippen LogP contribution is -2.31. The van der Waals surface area contributed by atoms with Gasteiger partial charge in [-0.25, -0.2) is 8.78 Å². The van der Waals surface area contributed by atoms with Crippen molar-refractivity contribution in [3.8, 4) is 45.3 Å². The lowest BCUT2D eigenvalue weighted by molar-refractivity contribution is 0.103. The number of hydrogen-bond donors (Lipinski definition) is 6. The van der Waals surface area contributed by atoms with Gasteiger partial charge in [0, 0.05) is 80.6 Å². The van der Waals surface area contributed by atoms with E-state index in [9.17, 15) is 30.0 Å². The van der Waals surface area contributed by atoms with Crippen molar-refractivity contribution in [2.75, 3.05) is 26.2 Å². The van der Waals surface area contributed by atoms with E-state index in [-0.39, 0.29) is 89.4 Å². The van der Waals surface area contributed by atoms with E-state index < -0.39 is 52.3 Å². The highest BCUT2D eigenvalue weighted by molar-refractivity contribution is 6.21. The number of phenolic OH excluding ortho intramolecular Hbond substituents is 4. The summed E-state index contributed by atoms with van der Waals surface area (Å²) >= 11 is 0. The second-order valence-corrected chi connectivity index (χ2v) is 16.2. The molecular formula is C51H46F2N2O7. The Hall–Kier alpha value is -6.69. The van der Waals surface area contributed by atoms with Crippen molar-refractivity contribution < 1.29 is 43.6 Å². The smallest absolute Gasteiger partial charge is 0.193 e. The highest BCUT2D eigenvalue weighted by atomic mass is 19.1. The minimum absolute atomic E-state index is 0.0173. The number of halogens is 2. The van der Waals surface area contributed by atoms with Gasteiger partial charge in [-0.3, -0.25) is 14.4 Å². The minimum atomic E-state index is -0.698. The highest BCUT2D eigenvalue weighted by Gasteiger charge is 2.36. The van der Waals surface area contributed by atoms with Crippen LogP contribution in [0.15, 0.2) is 97.1 Å². The molecule has 0 amide bonds. The Morgan fingerprint density at radius 3 is 1.31 bits per heavy atom. The first kappa shape index (κ1) is 42.0. The van der Waals surface area contributed by atoms with E-state index in [2.05, 4.69) is 10.6 Å². The Morgan fingerprint density at radius 1 is 0.532 bits per heavy atom. The minimum Gasteiger partial charge on any atom is -0.508 e.